The van der Waals surface area contributed by atoms with E-state index in [0.717, 1.165) is 38.5 Å². The Kier molecular flexibility index (Phi) is 16.1. The van der Waals surface area contributed by atoms with Crippen LogP contribution in [0.2, 0.25) is 0 Å². The maximum atomic E-state index is 12.8. The smallest absolute Gasteiger partial charge is 0.345 e. The normalized spacial score (nSPS) is 10.5. The molecule has 0 spiro atoms. The van der Waals surface area contributed by atoms with Crippen molar-refractivity contribution in [2.45, 2.75) is 90.9 Å². The van der Waals surface area contributed by atoms with Crippen molar-refractivity contribution in [2.24, 2.45) is 0 Å². The Morgan fingerprint density at radius 1 is 0.714 bits per heavy atom. The number of aromatic hydroxyl groups is 1. The van der Waals surface area contributed by atoms with Gasteiger partial charge in [-0.3, -0.25) is 0 Å². The number of carbonyl (C=O) groups is 2. The van der Waals surface area contributed by atoms with Gasteiger partial charge in [-0.05, 0) is 36.6 Å². The highest BCUT2D eigenvalue weighted by Gasteiger charge is 2.22. The minimum atomic E-state index is -0.725. The molecule has 0 radical (unpaired) electrons. The molecule has 0 saturated carbocycles. The Hall–Kier alpha value is -2.70. The lowest BCUT2D eigenvalue weighted by atomic mass is 10.1. The summed E-state index contributed by atoms with van der Waals surface area (Å²) in [5.74, 6) is -1.29. The highest BCUT2D eigenvalue weighted by atomic mass is 16.6. The fourth-order valence-electron chi connectivity index (χ4n) is 3.61. The Morgan fingerprint density at radius 3 is 1.51 bits per heavy atom. The summed E-state index contributed by atoms with van der Waals surface area (Å²) in [7, 11) is 2.82. The van der Waals surface area contributed by atoms with Crippen molar-refractivity contribution in [3.63, 3.8) is 0 Å². The van der Waals surface area contributed by atoms with Gasteiger partial charge < -0.3 is 24.1 Å². The fraction of sp³-hybridized carbons (Fsp3) is 0.643. The first-order valence-corrected chi connectivity index (χ1v) is 13.0. The van der Waals surface area contributed by atoms with Gasteiger partial charge >= 0.3 is 11.9 Å². The van der Waals surface area contributed by atoms with Gasteiger partial charge in [-0.2, -0.15) is 0 Å². The zero-order chi connectivity index (χ0) is 25.9. The number of unbranched alkanes of at least 4 members (excludes halogenated alkanes) is 10. The maximum absolute atomic E-state index is 12.8. The molecule has 1 aromatic rings. The summed E-state index contributed by atoms with van der Waals surface area (Å²) in [6, 6.07) is 3.03. The van der Waals surface area contributed by atoms with Crippen LogP contribution in [0.25, 0.3) is 6.08 Å². The van der Waals surface area contributed by atoms with Crippen molar-refractivity contribution < 1.29 is 33.6 Å². The second-order valence-electron chi connectivity index (χ2n) is 8.64. The van der Waals surface area contributed by atoms with Crippen LogP contribution in [0.15, 0.2) is 17.7 Å². The predicted molar refractivity (Wildman–Crippen MR) is 138 cm³/mol. The molecular weight excluding hydrogens is 448 g/mol. The molecule has 1 N–H and O–H groups in total. The van der Waals surface area contributed by atoms with Gasteiger partial charge in [0.05, 0.1) is 27.4 Å². The summed E-state index contributed by atoms with van der Waals surface area (Å²) in [6.45, 7) is 4.82. The predicted octanol–water partition coefficient (Wildman–Crippen LogP) is 6.60. The molecule has 0 aliphatic rings. The molecule has 7 heteroatoms. The van der Waals surface area contributed by atoms with Crippen LogP contribution >= 0.6 is 0 Å². The summed E-state index contributed by atoms with van der Waals surface area (Å²) in [5.41, 5.74) is 0.247. The molecule has 7 nitrogen and oxygen atoms in total. The average molecular weight is 493 g/mol. The topological polar surface area (TPSA) is 91.3 Å². The largest absolute Gasteiger partial charge is 0.502 e. The summed E-state index contributed by atoms with van der Waals surface area (Å²) < 4.78 is 21.1. The number of hydrogen-bond acceptors (Lipinski definition) is 7. The first kappa shape index (κ1) is 30.3. The van der Waals surface area contributed by atoms with Crippen LogP contribution < -0.4 is 9.47 Å². The van der Waals surface area contributed by atoms with Crippen molar-refractivity contribution in [3.05, 3.63) is 23.3 Å². The van der Waals surface area contributed by atoms with Crippen LogP contribution in [-0.2, 0) is 19.1 Å². The van der Waals surface area contributed by atoms with Crippen LogP contribution in [0.3, 0.4) is 0 Å². The van der Waals surface area contributed by atoms with E-state index in [-0.39, 0.29) is 36.0 Å². The van der Waals surface area contributed by atoms with Crippen LogP contribution in [0.5, 0.6) is 17.2 Å². The second-order valence-corrected chi connectivity index (χ2v) is 8.64. The van der Waals surface area contributed by atoms with Gasteiger partial charge in [-0.1, -0.05) is 78.1 Å². The number of benzene rings is 1. The summed E-state index contributed by atoms with van der Waals surface area (Å²) >= 11 is 0. The highest BCUT2D eigenvalue weighted by Crippen LogP contribution is 2.37. The fourth-order valence-corrected chi connectivity index (χ4v) is 3.61. The molecular formula is C28H44O7. The van der Waals surface area contributed by atoms with Gasteiger partial charge in [-0.15, -0.1) is 0 Å². The van der Waals surface area contributed by atoms with E-state index < -0.39 is 11.9 Å². The molecule has 0 fully saturated rings. The van der Waals surface area contributed by atoms with Crippen LogP contribution in [0.1, 0.15) is 96.5 Å². The van der Waals surface area contributed by atoms with Crippen molar-refractivity contribution in [2.75, 3.05) is 27.4 Å². The summed E-state index contributed by atoms with van der Waals surface area (Å²) in [6.07, 6.45) is 14.1. The molecule has 0 unspecified atom stereocenters. The first-order chi connectivity index (χ1) is 17.0. The Morgan fingerprint density at radius 2 is 1.11 bits per heavy atom. The molecule has 0 aliphatic carbocycles. The lowest BCUT2D eigenvalue weighted by Gasteiger charge is -2.12. The van der Waals surface area contributed by atoms with E-state index in [1.54, 1.807) is 0 Å². The number of ether oxygens (including phenoxy) is 4. The lowest BCUT2D eigenvalue weighted by Crippen LogP contribution is -2.19. The minimum absolute atomic E-state index is 0.162. The standard InChI is InChI=1S/C28H44O7/c1-5-7-9-11-13-15-17-34-27(30)23(28(31)35-18-16-14-12-10-8-6-2)19-22-20-24(32-3)26(29)25(21-22)33-4/h19-21,29H,5-18H2,1-4H3. The summed E-state index contributed by atoms with van der Waals surface area (Å²) in [5, 5.41) is 10.2. The molecule has 1 aromatic carbocycles. The van der Waals surface area contributed by atoms with Gasteiger partial charge in [0.2, 0.25) is 5.75 Å². The van der Waals surface area contributed by atoms with Gasteiger partial charge in [0, 0.05) is 0 Å². The number of phenolic OH excluding ortho intramolecular Hbond substituents is 1. The Bertz CT molecular complexity index is 729. The van der Waals surface area contributed by atoms with Gasteiger partial charge in [0.15, 0.2) is 11.5 Å². The molecule has 0 aliphatic heterocycles. The monoisotopic (exact) mass is 492 g/mol. The molecule has 0 saturated heterocycles. The van der Waals surface area contributed by atoms with Gasteiger partial charge in [0.25, 0.3) is 0 Å². The molecule has 1 rings (SSSR count). The van der Waals surface area contributed by atoms with E-state index >= 15 is 0 Å². The van der Waals surface area contributed by atoms with Crippen molar-refractivity contribution in [3.8, 4) is 17.2 Å². The Balaban J connectivity index is 2.87. The third-order valence-corrected chi connectivity index (χ3v) is 5.72. The van der Waals surface area contributed by atoms with E-state index in [1.807, 2.05) is 0 Å². The SMILES string of the molecule is CCCCCCCCOC(=O)C(=Cc1cc(OC)c(O)c(OC)c1)C(=O)OCCCCCCCC. The van der Waals surface area contributed by atoms with Gasteiger partial charge in [0.1, 0.15) is 5.57 Å². The summed E-state index contributed by atoms with van der Waals surface area (Å²) in [4.78, 5) is 25.6. The quantitative estimate of drug-likeness (QED) is 0.0764. The van der Waals surface area contributed by atoms with E-state index in [1.165, 1.54) is 71.0 Å². The first-order valence-electron chi connectivity index (χ1n) is 13.0. The van der Waals surface area contributed by atoms with Crippen molar-refractivity contribution in [1.82, 2.24) is 0 Å². The highest BCUT2D eigenvalue weighted by molar-refractivity contribution is 6.17. The molecule has 0 atom stereocenters. The molecule has 0 heterocycles. The maximum Gasteiger partial charge on any atom is 0.345 e. The zero-order valence-corrected chi connectivity index (χ0v) is 22.0. The average Bonchev–Trinajstić information content (AvgIpc) is 2.86. The van der Waals surface area contributed by atoms with Crippen molar-refractivity contribution in [1.29, 1.82) is 0 Å². The number of hydrogen-bond donors (Lipinski definition) is 1. The molecule has 198 valence electrons. The zero-order valence-electron chi connectivity index (χ0n) is 22.0. The minimum Gasteiger partial charge on any atom is -0.502 e. The van der Waals surface area contributed by atoms with Crippen LogP contribution in [0, 0.1) is 0 Å². The number of esters is 2. The lowest BCUT2D eigenvalue weighted by molar-refractivity contribution is -0.147. The molecule has 0 aromatic heterocycles. The molecule has 0 bridgehead atoms. The van der Waals surface area contributed by atoms with E-state index in [0.29, 0.717) is 5.56 Å². The Labute approximate surface area is 210 Å². The number of carbonyl (C=O) groups excluding carboxylic acids is 2. The van der Waals surface area contributed by atoms with Crippen LogP contribution in [0.4, 0.5) is 0 Å². The number of phenols is 1. The van der Waals surface area contributed by atoms with Gasteiger partial charge in [-0.25, -0.2) is 9.59 Å². The molecule has 0 amide bonds. The number of rotatable bonds is 19. The second kappa shape index (κ2) is 18.6. The number of methoxy groups -OCH3 is 2. The van der Waals surface area contributed by atoms with E-state index in [4.69, 9.17) is 18.9 Å². The third kappa shape index (κ3) is 12.0. The van der Waals surface area contributed by atoms with Crippen molar-refractivity contribution >= 4 is 18.0 Å². The van der Waals surface area contributed by atoms with E-state index in [2.05, 4.69) is 13.8 Å². The molecule has 35 heavy (non-hydrogen) atoms. The van der Waals surface area contributed by atoms with Crippen LogP contribution in [-0.4, -0.2) is 44.5 Å². The third-order valence-electron chi connectivity index (χ3n) is 5.72. The van der Waals surface area contributed by atoms with E-state index in [9.17, 15) is 14.7 Å².